The lowest BCUT2D eigenvalue weighted by atomic mass is 10.1. The van der Waals surface area contributed by atoms with Crippen molar-refractivity contribution >= 4 is 17.2 Å². The number of piperidine rings is 1. The van der Waals surface area contributed by atoms with E-state index in [4.69, 9.17) is 4.74 Å². The van der Waals surface area contributed by atoms with E-state index in [2.05, 4.69) is 10.6 Å². The van der Waals surface area contributed by atoms with Crippen LogP contribution in [0.3, 0.4) is 0 Å². The lowest BCUT2D eigenvalue weighted by Crippen LogP contribution is -2.33. The Bertz CT molecular complexity index is 348. The van der Waals surface area contributed by atoms with Crippen LogP contribution >= 0.6 is 11.3 Å². The number of amides is 1. The van der Waals surface area contributed by atoms with Crippen molar-refractivity contribution in [1.82, 2.24) is 10.6 Å². The molecule has 0 radical (unpaired) electrons. The summed E-state index contributed by atoms with van der Waals surface area (Å²) in [5.74, 6) is 0.0202. The van der Waals surface area contributed by atoms with E-state index in [-0.39, 0.29) is 5.91 Å². The first-order valence-electron chi connectivity index (χ1n) is 6.50. The second kappa shape index (κ2) is 7.51. The van der Waals surface area contributed by atoms with Crippen molar-refractivity contribution in [2.24, 2.45) is 0 Å². The third-order valence-electron chi connectivity index (χ3n) is 2.99. The lowest BCUT2D eigenvalue weighted by molar-refractivity contribution is 0.0318. The van der Waals surface area contributed by atoms with Gasteiger partial charge in [0.2, 0.25) is 0 Å². The van der Waals surface area contributed by atoms with Crippen molar-refractivity contribution in [3.8, 4) is 0 Å². The highest BCUT2D eigenvalue weighted by atomic mass is 32.1. The SMILES string of the molecule is O=C(NCCCOC1CCNCC1)c1cccs1. The highest BCUT2D eigenvalue weighted by Crippen LogP contribution is 2.08. The number of rotatable bonds is 6. The van der Waals surface area contributed by atoms with E-state index in [0.717, 1.165) is 43.8 Å². The number of ether oxygens (including phenoxy) is 1. The van der Waals surface area contributed by atoms with Crippen LogP contribution in [-0.4, -0.2) is 38.3 Å². The van der Waals surface area contributed by atoms with Crippen LogP contribution in [0.25, 0.3) is 0 Å². The molecule has 0 aliphatic carbocycles. The van der Waals surface area contributed by atoms with Gasteiger partial charge in [0.25, 0.3) is 5.91 Å². The van der Waals surface area contributed by atoms with Gasteiger partial charge in [0.1, 0.15) is 0 Å². The number of carbonyl (C=O) groups excluding carboxylic acids is 1. The Morgan fingerprint density at radius 2 is 2.33 bits per heavy atom. The van der Waals surface area contributed by atoms with Crippen LogP contribution < -0.4 is 10.6 Å². The van der Waals surface area contributed by atoms with Crippen molar-refractivity contribution in [2.75, 3.05) is 26.2 Å². The van der Waals surface area contributed by atoms with E-state index in [1.807, 2.05) is 17.5 Å². The Morgan fingerprint density at radius 3 is 3.06 bits per heavy atom. The Hall–Kier alpha value is -0.910. The molecular weight excluding hydrogens is 248 g/mol. The second-order valence-electron chi connectivity index (χ2n) is 4.41. The first-order valence-corrected chi connectivity index (χ1v) is 7.38. The lowest BCUT2D eigenvalue weighted by Gasteiger charge is -2.22. The van der Waals surface area contributed by atoms with E-state index in [9.17, 15) is 4.79 Å². The molecule has 100 valence electrons. The van der Waals surface area contributed by atoms with Crippen molar-refractivity contribution in [3.63, 3.8) is 0 Å². The third kappa shape index (κ3) is 4.40. The van der Waals surface area contributed by atoms with Crippen molar-refractivity contribution < 1.29 is 9.53 Å². The average Bonchev–Trinajstić information content (AvgIpc) is 2.93. The normalized spacial score (nSPS) is 16.7. The summed E-state index contributed by atoms with van der Waals surface area (Å²) in [7, 11) is 0. The van der Waals surface area contributed by atoms with Crippen LogP contribution in [0.5, 0.6) is 0 Å². The van der Waals surface area contributed by atoms with Gasteiger partial charge in [0.15, 0.2) is 0 Å². The smallest absolute Gasteiger partial charge is 0.261 e. The number of nitrogens with one attached hydrogen (secondary N) is 2. The molecule has 1 aliphatic rings. The van der Waals surface area contributed by atoms with Crippen molar-refractivity contribution in [3.05, 3.63) is 22.4 Å². The molecule has 1 aromatic rings. The summed E-state index contributed by atoms with van der Waals surface area (Å²) < 4.78 is 5.77. The summed E-state index contributed by atoms with van der Waals surface area (Å²) in [4.78, 5) is 12.4. The van der Waals surface area contributed by atoms with E-state index >= 15 is 0 Å². The zero-order chi connectivity index (χ0) is 12.6. The first-order chi connectivity index (χ1) is 8.86. The largest absolute Gasteiger partial charge is 0.378 e. The molecule has 2 N–H and O–H groups in total. The summed E-state index contributed by atoms with van der Waals surface area (Å²) in [5, 5.41) is 8.12. The van der Waals surface area contributed by atoms with Gasteiger partial charge >= 0.3 is 0 Å². The average molecular weight is 268 g/mol. The van der Waals surface area contributed by atoms with Crippen LogP contribution in [-0.2, 0) is 4.74 Å². The van der Waals surface area contributed by atoms with Crippen LogP contribution in [0.2, 0.25) is 0 Å². The molecule has 0 saturated carbocycles. The van der Waals surface area contributed by atoms with Crippen LogP contribution in [0.1, 0.15) is 28.9 Å². The molecule has 4 nitrogen and oxygen atoms in total. The summed E-state index contributed by atoms with van der Waals surface area (Å²) >= 11 is 1.47. The predicted octanol–water partition coefficient (Wildman–Crippen LogP) is 1.64. The molecule has 1 amide bonds. The molecule has 1 aromatic heterocycles. The van der Waals surface area contributed by atoms with Gasteiger partial charge in [-0.15, -0.1) is 11.3 Å². The van der Waals surface area contributed by atoms with Gasteiger partial charge in [-0.25, -0.2) is 0 Å². The number of hydrogen-bond donors (Lipinski definition) is 2. The second-order valence-corrected chi connectivity index (χ2v) is 5.35. The third-order valence-corrected chi connectivity index (χ3v) is 3.86. The van der Waals surface area contributed by atoms with E-state index in [1.165, 1.54) is 11.3 Å². The molecule has 0 bridgehead atoms. The molecule has 1 fully saturated rings. The molecule has 2 rings (SSSR count). The zero-order valence-electron chi connectivity index (χ0n) is 10.5. The quantitative estimate of drug-likeness (QED) is 0.771. The maximum Gasteiger partial charge on any atom is 0.261 e. The van der Waals surface area contributed by atoms with Gasteiger partial charge in [0, 0.05) is 13.2 Å². The van der Waals surface area contributed by atoms with Gasteiger partial charge in [-0.05, 0) is 43.8 Å². The van der Waals surface area contributed by atoms with Gasteiger partial charge in [-0.2, -0.15) is 0 Å². The summed E-state index contributed by atoms with van der Waals surface area (Å²) in [5.41, 5.74) is 0. The van der Waals surface area contributed by atoms with Gasteiger partial charge in [-0.1, -0.05) is 6.07 Å². The van der Waals surface area contributed by atoms with Crippen molar-refractivity contribution in [1.29, 1.82) is 0 Å². The molecule has 1 saturated heterocycles. The van der Waals surface area contributed by atoms with E-state index in [1.54, 1.807) is 0 Å². The van der Waals surface area contributed by atoms with Gasteiger partial charge < -0.3 is 15.4 Å². The molecular formula is C13H20N2O2S. The Balaban J connectivity index is 1.52. The Kier molecular flexibility index (Phi) is 5.64. The number of carbonyl (C=O) groups is 1. The fraction of sp³-hybridized carbons (Fsp3) is 0.615. The molecule has 0 unspecified atom stereocenters. The molecule has 5 heteroatoms. The highest BCUT2D eigenvalue weighted by Gasteiger charge is 2.12. The Morgan fingerprint density at radius 1 is 1.50 bits per heavy atom. The minimum absolute atomic E-state index is 0.0202. The fourth-order valence-corrected chi connectivity index (χ4v) is 2.62. The molecule has 1 aliphatic heterocycles. The van der Waals surface area contributed by atoms with Crippen LogP contribution in [0.15, 0.2) is 17.5 Å². The first kappa shape index (κ1) is 13.5. The molecule has 0 aromatic carbocycles. The maximum atomic E-state index is 11.6. The van der Waals surface area contributed by atoms with E-state index in [0.29, 0.717) is 12.6 Å². The highest BCUT2D eigenvalue weighted by molar-refractivity contribution is 7.12. The minimum atomic E-state index is 0.0202. The van der Waals surface area contributed by atoms with Crippen molar-refractivity contribution in [2.45, 2.75) is 25.4 Å². The monoisotopic (exact) mass is 268 g/mol. The summed E-state index contributed by atoms with van der Waals surface area (Å²) in [6.45, 7) is 3.52. The molecule has 2 heterocycles. The van der Waals surface area contributed by atoms with Gasteiger partial charge in [0.05, 0.1) is 11.0 Å². The molecule has 0 spiro atoms. The van der Waals surface area contributed by atoms with Crippen LogP contribution in [0, 0.1) is 0 Å². The number of hydrogen-bond acceptors (Lipinski definition) is 4. The fourth-order valence-electron chi connectivity index (χ4n) is 1.98. The zero-order valence-corrected chi connectivity index (χ0v) is 11.3. The maximum absolute atomic E-state index is 11.6. The summed E-state index contributed by atoms with van der Waals surface area (Å²) in [6, 6.07) is 3.73. The van der Waals surface area contributed by atoms with Crippen LogP contribution in [0.4, 0.5) is 0 Å². The minimum Gasteiger partial charge on any atom is -0.378 e. The molecule has 0 atom stereocenters. The van der Waals surface area contributed by atoms with Gasteiger partial charge in [-0.3, -0.25) is 4.79 Å². The summed E-state index contributed by atoms with van der Waals surface area (Å²) in [6.07, 6.45) is 3.48. The topological polar surface area (TPSA) is 50.4 Å². The number of thiophene rings is 1. The Labute approximate surface area is 112 Å². The predicted molar refractivity (Wildman–Crippen MR) is 73.1 cm³/mol. The van der Waals surface area contributed by atoms with E-state index < -0.39 is 0 Å². The molecule has 18 heavy (non-hydrogen) atoms. The standard InChI is InChI=1S/C13H20N2O2S/c16-13(12-3-1-10-18-12)15-6-2-9-17-11-4-7-14-8-5-11/h1,3,10-11,14H,2,4-9H2,(H,15,16).